The molecule has 2 N–H and O–H groups in total. The largest absolute Gasteiger partial charge is 0.496 e. The third-order valence-electron chi connectivity index (χ3n) is 5.57. The number of carbonyl (C=O) groups is 2. The number of hydrazone groups is 2. The van der Waals surface area contributed by atoms with E-state index >= 15 is 0 Å². The third-order valence-corrected chi connectivity index (χ3v) is 5.57. The number of unbranched alkanes of at least 4 members (excludes halogenated alkanes) is 2. The van der Waals surface area contributed by atoms with Crippen LogP contribution in [0.15, 0.2) is 34.5 Å². The van der Waals surface area contributed by atoms with Crippen LogP contribution in [0.1, 0.15) is 43.2 Å². The van der Waals surface area contributed by atoms with Gasteiger partial charge in [0.1, 0.15) is 11.5 Å². The number of carbonyl (C=O) groups excluding carboxylic acids is 2. The lowest BCUT2D eigenvalue weighted by atomic mass is 10.1. The number of rotatable bonds is 16. The molecule has 0 aliphatic carbocycles. The van der Waals surface area contributed by atoms with E-state index in [1.165, 1.54) is 55.1 Å². The number of ether oxygens (including phenoxy) is 6. The molecule has 0 bridgehead atoms. The maximum Gasteiger partial charge on any atom is 0.240 e. The lowest BCUT2D eigenvalue weighted by molar-refractivity contribution is -0.121. The maximum absolute atomic E-state index is 12.1. The zero-order valence-corrected chi connectivity index (χ0v) is 23.2. The molecule has 212 valence electrons. The predicted octanol–water partition coefficient (Wildman–Crippen LogP) is 3.29. The average molecular weight is 545 g/mol. The van der Waals surface area contributed by atoms with Crippen LogP contribution >= 0.6 is 0 Å². The number of nitrogens with one attached hydrogen (secondary N) is 2. The van der Waals surface area contributed by atoms with E-state index in [1.807, 2.05) is 0 Å². The fourth-order valence-electron chi connectivity index (χ4n) is 3.51. The highest BCUT2D eigenvalue weighted by Gasteiger charge is 2.12. The van der Waals surface area contributed by atoms with E-state index in [4.69, 9.17) is 28.4 Å². The normalized spacial score (nSPS) is 10.8. The molecule has 0 spiro atoms. The van der Waals surface area contributed by atoms with Crippen molar-refractivity contribution in [1.82, 2.24) is 10.9 Å². The molecule has 0 aliphatic rings. The number of amides is 2. The SMILES string of the molecule is COc1cc(OC)c(OC)cc1/C=N/NC(=O)CCCCCC(=O)N/N=C/c1cc(OC)c(OC)cc1OC. The van der Waals surface area contributed by atoms with Crippen molar-refractivity contribution in [2.45, 2.75) is 32.1 Å². The Morgan fingerprint density at radius 3 is 1.23 bits per heavy atom. The fourth-order valence-corrected chi connectivity index (χ4v) is 3.51. The molecular weight excluding hydrogens is 508 g/mol. The molecule has 0 radical (unpaired) electrons. The molecule has 39 heavy (non-hydrogen) atoms. The van der Waals surface area contributed by atoms with Crippen LogP contribution in [0, 0.1) is 0 Å². The van der Waals surface area contributed by atoms with Crippen LogP contribution in [-0.4, -0.2) is 66.9 Å². The number of hydrogen-bond acceptors (Lipinski definition) is 10. The fraction of sp³-hybridized carbons (Fsp3) is 0.407. The smallest absolute Gasteiger partial charge is 0.240 e. The second-order valence-electron chi connectivity index (χ2n) is 8.05. The van der Waals surface area contributed by atoms with Gasteiger partial charge in [0.2, 0.25) is 11.8 Å². The quantitative estimate of drug-likeness (QED) is 0.187. The van der Waals surface area contributed by atoms with Crippen LogP contribution in [0.4, 0.5) is 0 Å². The first kappa shape index (κ1) is 30.7. The van der Waals surface area contributed by atoms with Crippen LogP contribution in [-0.2, 0) is 9.59 Å². The van der Waals surface area contributed by atoms with Gasteiger partial charge in [0.05, 0.1) is 55.1 Å². The van der Waals surface area contributed by atoms with Crippen LogP contribution in [0.5, 0.6) is 34.5 Å². The van der Waals surface area contributed by atoms with Crippen molar-refractivity contribution in [3.63, 3.8) is 0 Å². The van der Waals surface area contributed by atoms with E-state index in [0.29, 0.717) is 64.9 Å². The minimum absolute atomic E-state index is 0.233. The topological polar surface area (TPSA) is 138 Å². The molecule has 0 aliphatic heterocycles. The molecule has 2 rings (SSSR count). The Morgan fingerprint density at radius 2 is 0.897 bits per heavy atom. The molecule has 2 aromatic carbocycles. The Hall–Kier alpha value is -4.48. The van der Waals surface area contributed by atoms with Gasteiger partial charge in [-0.25, -0.2) is 10.9 Å². The molecule has 0 aromatic heterocycles. The van der Waals surface area contributed by atoms with Crippen LogP contribution in [0.25, 0.3) is 0 Å². The van der Waals surface area contributed by atoms with E-state index < -0.39 is 0 Å². The summed E-state index contributed by atoms with van der Waals surface area (Å²) >= 11 is 0. The van der Waals surface area contributed by atoms with Crippen molar-refractivity contribution in [1.29, 1.82) is 0 Å². The minimum Gasteiger partial charge on any atom is -0.496 e. The second kappa shape index (κ2) is 16.4. The number of benzene rings is 2. The molecule has 0 saturated heterocycles. The van der Waals surface area contributed by atoms with Crippen LogP contribution < -0.4 is 39.3 Å². The standard InChI is InChI=1S/C27H36N4O8/c1-34-20-14-24(38-5)22(36-3)12-18(20)16-28-30-26(32)10-8-7-9-11-27(33)31-29-17-19-13-23(37-4)25(39-6)15-21(19)35-2/h12-17H,7-11H2,1-6H3,(H,30,32)(H,31,33)/b28-16+,29-17+. The molecule has 2 aromatic rings. The lowest BCUT2D eigenvalue weighted by Crippen LogP contribution is -2.18. The molecule has 0 atom stereocenters. The summed E-state index contributed by atoms with van der Waals surface area (Å²) < 4.78 is 31.7. The lowest BCUT2D eigenvalue weighted by Gasteiger charge is -2.11. The van der Waals surface area contributed by atoms with Crippen molar-refractivity contribution in [3.05, 3.63) is 35.4 Å². The van der Waals surface area contributed by atoms with E-state index in [-0.39, 0.29) is 24.7 Å². The van der Waals surface area contributed by atoms with Crippen molar-refractivity contribution < 1.29 is 38.0 Å². The molecule has 0 fully saturated rings. The van der Waals surface area contributed by atoms with E-state index in [0.717, 1.165) is 0 Å². The highest BCUT2D eigenvalue weighted by atomic mass is 16.5. The van der Waals surface area contributed by atoms with Crippen molar-refractivity contribution >= 4 is 24.2 Å². The maximum atomic E-state index is 12.1. The van der Waals surface area contributed by atoms with Gasteiger partial charge < -0.3 is 28.4 Å². The first-order valence-electron chi connectivity index (χ1n) is 12.1. The molecule has 12 nitrogen and oxygen atoms in total. The van der Waals surface area contributed by atoms with Crippen LogP contribution in [0.3, 0.4) is 0 Å². The van der Waals surface area contributed by atoms with Gasteiger partial charge in [-0.15, -0.1) is 0 Å². The van der Waals surface area contributed by atoms with E-state index in [9.17, 15) is 9.59 Å². The Balaban J connectivity index is 1.73. The summed E-state index contributed by atoms with van der Waals surface area (Å²) in [6.07, 6.45) is 5.42. The summed E-state index contributed by atoms with van der Waals surface area (Å²) in [6.45, 7) is 0. The van der Waals surface area contributed by atoms with E-state index in [1.54, 1.807) is 24.3 Å². The number of methoxy groups -OCH3 is 6. The van der Waals surface area contributed by atoms with Crippen LogP contribution in [0.2, 0.25) is 0 Å². The first-order chi connectivity index (χ1) is 18.9. The van der Waals surface area contributed by atoms with Gasteiger partial charge >= 0.3 is 0 Å². The zero-order valence-electron chi connectivity index (χ0n) is 23.2. The minimum atomic E-state index is -0.233. The third kappa shape index (κ3) is 9.40. The first-order valence-corrected chi connectivity index (χ1v) is 12.1. The number of nitrogens with zero attached hydrogens (tertiary/aromatic N) is 2. The van der Waals surface area contributed by atoms with Gasteiger partial charge in [-0.05, 0) is 25.0 Å². The highest BCUT2D eigenvalue weighted by Crippen LogP contribution is 2.34. The summed E-state index contributed by atoms with van der Waals surface area (Å²) in [5.74, 6) is 2.66. The average Bonchev–Trinajstić information content (AvgIpc) is 2.96. The summed E-state index contributed by atoms with van der Waals surface area (Å²) in [5.41, 5.74) is 6.23. The van der Waals surface area contributed by atoms with Crippen molar-refractivity contribution in [2.24, 2.45) is 10.2 Å². The molecular formula is C27H36N4O8. The van der Waals surface area contributed by atoms with E-state index in [2.05, 4.69) is 21.1 Å². The van der Waals surface area contributed by atoms with Gasteiger partial charge in [-0.3, -0.25) is 9.59 Å². The second-order valence-corrected chi connectivity index (χ2v) is 8.05. The van der Waals surface area contributed by atoms with Gasteiger partial charge in [0.25, 0.3) is 0 Å². The Labute approximate surface area is 228 Å². The van der Waals surface area contributed by atoms with Gasteiger partial charge in [-0.2, -0.15) is 10.2 Å². The Kier molecular flexibility index (Phi) is 12.9. The van der Waals surface area contributed by atoms with Gasteiger partial charge in [-0.1, -0.05) is 6.42 Å². The molecule has 0 heterocycles. The predicted molar refractivity (Wildman–Crippen MR) is 147 cm³/mol. The summed E-state index contributed by atoms with van der Waals surface area (Å²) in [4.78, 5) is 24.2. The highest BCUT2D eigenvalue weighted by molar-refractivity contribution is 5.87. The number of hydrogen-bond donors (Lipinski definition) is 2. The van der Waals surface area contributed by atoms with Crippen molar-refractivity contribution in [3.8, 4) is 34.5 Å². The monoisotopic (exact) mass is 544 g/mol. The molecule has 2 amide bonds. The summed E-state index contributed by atoms with van der Waals surface area (Å²) in [5, 5.41) is 7.99. The summed E-state index contributed by atoms with van der Waals surface area (Å²) in [6, 6.07) is 6.76. The van der Waals surface area contributed by atoms with Gasteiger partial charge in [0.15, 0.2) is 23.0 Å². The molecule has 12 heteroatoms. The summed E-state index contributed by atoms with van der Waals surface area (Å²) in [7, 11) is 9.18. The van der Waals surface area contributed by atoms with Crippen molar-refractivity contribution in [2.75, 3.05) is 42.7 Å². The molecule has 0 saturated carbocycles. The van der Waals surface area contributed by atoms with Gasteiger partial charge in [0, 0.05) is 36.1 Å². The molecule has 0 unspecified atom stereocenters. The Morgan fingerprint density at radius 1 is 0.564 bits per heavy atom. The Bertz CT molecular complexity index is 1080. The zero-order chi connectivity index (χ0) is 28.6.